The molecule has 1 aliphatic rings. The van der Waals surface area contributed by atoms with Gasteiger partial charge in [0.05, 0.1) is 22.8 Å². The Hall–Kier alpha value is -1.58. The van der Waals surface area contributed by atoms with E-state index in [4.69, 9.17) is 27.9 Å². The molecule has 0 fully saturated rings. The van der Waals surface area contributed by atoms with Crippen molar-refractivity contribution in [1.29, 1.82) is 0 Å². The third-order valence-electron chi connectivity index (χ3n) is 3.19. The van der Waals surface area contributed by atoms with Crippen LogP contribution in [0.5, 0.6) is 5.75 Å². The molecular weight excluding hydrogens is 302 g/mol. The molecule has 2 aromatic carbocycles. The highest BCUT2D eigenvalue weighted by Crippen LogP contribution is 2.35. The van der Waals surface area contributed by atoms with Crippen LogP contribution in [0.3, 0.4) is 0 Å². The van der Waals surface area contributed by atoms with Crippen molar-refractivity contribution in [3.8, 4) is 5.75 Å². The molecule has 0 atom stereocenters. The van der Waals surface area contributed by atoms with E-state index in [-0.39, 0.29) is 16.1 Å². The Labute approximate surface area is 125 Å². The van der Waals surface area contributed by atoms with Gasteiger partial charge in [-0.3, -0.25) is 4.79 Å². The molecular formula is C15H9Cl2FO2. The minimum atomic E-state index is -0.731. The first-order valence-corrected chi connectivity index (χ1v) is 6.77. The van der Waals surface area contributed by atoms with Crippen LogP contribution in [0, 0.1) is 5.82 Å². The number of ether oxygens (including phenoxy) is 1. The number of hydrogen-bond donors (Lipinski definition) is 0. The van der Waals surface area contributed by atoms with Gasteiger partial charge in [-0.2, -0.15) is 0 Å². The van der Waals surface area contributed by atoms with Gasteiger partial charge in [0.1, 0.15) is 5.75 Å². The molecule has 0 bridgehead atoms. The van der Waals surface area contributed by atoms with Crippen LogP contribution >= 0.6 is 23.2 Å². The molecule has 5 heteroatoms. The molecule has 2 nitrogen and oxygen atoms in total. The molecule has 0 N–H and O–H groups in total. The summed E-state index contributed by atoms with van der Waals surface area (Å²) in [5, 5.41) is 0.343. The lowest BCUT2D eigenvalue weighted by atomic mass is 9.99. The zero-order chi connectivity index (χ0) is 14.3. The molecule has 0 radical (unpaired) electrons. The maximum absolute atomic E-state index is 14.0. The van der Waals surface area contributed by atoms with E-state index in [1.54, 1.807) is 6.07 Å². The average Bonchev–Trinajstić information content (AvgIpc) is 2.88. The van der Waals surface area contributed by atoms with Crippen LogP contribution in [0.2, 0.25) is 10.0 Å². The van der Waals surface area contributed by atoms with E-state index in [1.807, 2.05) is 0 Å². The van der Waals surface area contributed by atoms with Crippen LogP contribution in [0.1, 0.15) is 21.5 Å². The lowest BCUT2D eigenvalue weighted by Gasteiger charge is -2.09. The van der Waals surface area contributed by atoms with Crippen molar-refractivity contribution in [2.75, 3.05) is 6.61 Å². The smallest absolute Gasteiger partial charge is 0.199 e. The summed E-state index contributed by atoms with van der Waals surface area (Å²) in [6.07, 6.45) is 0.689. The Bertz CT molecular complexity index is 713. The second-order valence-corrected chi connectivity index (χ2v) is 5.31. The highest BCUT2D eigenvalue weighted by atomic mass is 35.5. The molecule has 1 aliphatic heterocycles. The van der Waals surface area contributed by atoms with E-state index in [2.05, 4.69) is 0 Å². The van der Waals surface area contributed by atoms with E-state index >= 15 is 0 Å². The minimum Gasteiger partial charge on any atom is -0.492 e. The number of ketones is 1. The summed E-state index contributed by atoms with van der Waals surface area (Å²) in [7, 11) is 0. The fraction of sp³-hybridized carbons (Fsp3) is 0.133. The highest BCUT2D eigenvalue weighted by Gasteiger charge is 2.25. The van der Waals surface area contributed by atoms with E-state index in [1.165, 1.54) is 24.3 Å². The van der Waals surface area contributed by atoms with Crippen molar-refractivity contribution in [1.82, 2.24) is 0 Å². The number of hydrogen-bond acceptors (Lipinski definition) is 2. The molecule has 3 rings (SSSR count). The van der Waals surface area contributed by atoms with Gasteiger partial charge >= 0.3 is 0 Å². The number of rotatable bonds is 2. The Morgan fingerprint density at radius 1 is 1.20 bits per heavy atom. The summed E-state index contributed by atoms with van der Waals surface area (Å²) in [4.78, 5) is 12.5. The van der Waals surface area contributed by atoms with Gasteiger partial charge < -0.3 is 4.74 Å². The van der Waals surface area contributed by atoms with Crippen LogP contribution < -0.4 is 4.74 Å². The van der Waals surface area contributed by atoms with Gasteiger partial charge in [0, 0.05) is 11.4 Å². The van der Waals surface area contributed by atoms with E-state index < -0.39 is 11.6 Å². The minimum absolute atomic E-state index is 0.0857. The quantitative estimate of drug-likeness (QED) is 0.773. The van der Waals surface area contributed by atoms with E-state index in [0.29, 0.717) is 23.8 Å². The maximum atomic E-state index is 14.0. The predicted octanol–water partition coefficient (Wildman–Crippen LogP) is 4.30. The lowest BCUT2D eigenvalue weighted by Crippen LogP contribution is -2.06. The summed E-state index contributed by atoms with van der Waals surface area (Å²) >= 11 is 11.7. The van der Waals surface area contributed by atoms with Crippen LogP contribution in [0.4, 0.5) is 4.39 Å². The topological polar surface area (TPSA) is 26.3 Å². The average molecular weight is 311 g/mol. The molecule has 0 saturated heterocycles. The molecule has 102 valence electrons. The van der Waals surface area contributed by atoms with Gasteiger partial charge in [-0.25, -0.2) is 4.39 Å². The number of halogens is 3. The number of fused-ring (bicyclic) bond motifs is 1. The van der Waals surface area contributed by atoms with Crippen LogP contribution in [-0.2, 0) is 6.42 Å². The maximum Gasteiger partial charge on any atom is 0.199 e. The largest absolute Gasteiger partial charge is 0.492 e. The van der Waals surface area contributed by atoms with E-state index in [9.17, 15) is 9.18 Å². The number of carbonyl (C=O) groups excluding carboxylic acids is 1. The molecule has 0 aliphatic carbocycles. The van der Waals surface area contributed by atoms with Gasteiger partial charge in [-0.1, -0.05) is 29.3 Å². The monoisotopic (exact) mass is 310 g/mol. The summed E-state index contributed by atoms with van der Waals surface area (Å²) in [5.74, 6) is -0.727. The normalized spacial score (nSPS) is 12.9. The third kappa shape index (κ3) is 2.17. The third-order valence-corrected chi connectivity index (χ3v) is 3.70. The van der Waals surface area contributed by atoms with Crippen molar-refractivity contribution in [3.05, 3.63) is 62.9 Å². The summed E-state index contributed by atoms with van der Waals surface area (Å²) in [6.45, 7) is 0.494. The standard InChI is InChI=1S/C15H9Cl2FO2/c16-9-6-8-4-5-20-15(8)11(7-9)14(19)10-2-1-3-12(17)13(10)18/h1-3,6-7H,4-5H2. The molecule has 0 aromatic heterocycles. The molecule has 0 saturated carbocycles. The van der Waals surface area contributed by atoms with Gasteiger partial charge in [0.25, 0.3) is 0 Å². The first kappa shape index (κ1) is 13.4. The summed E-state index contributed by atoms with van der Waals surface area (Å²) in [5.41, 5.74) is 1.05. The van der Waals surface area contributed by atoms with Crippen molar-refractivity contribution >= 4 is 29.0 Å². The van der Waals surface area contributed by atoms with Gasteiger partial charge in [-0.15, -0.1) is 0 Å². The number of benzene rings is 2. The van der Waals surface area contributed by atoms with Gasteiger partial charge in [0.2, 0.25) is 0 Å². The van der Waals surface area contributed by atoms with Crippen molar-refractivity contribution in [3.63, 3.8) is 0 Å². The molecule has 0 unspecified atom stereocenters. The fourth-order valence-corrected chi connectivity index (χ4v) is 2.68. The SMILES string of the molecule is O=C(c1cccc(Cl)c1F)c1cc(Cl)cc2c1OCC2. The Morgan fingerprint density at radius 2 is 2.00 bits per heavy atom. The first-order chi connectivity index (χ1) is 9.58. The molecule has 0 amide bonds. The van der Waals surface area contributed by atoms with Gasteiger partial charge in [0.15, 0.2) is 11.6 Å². The zero-order valence-corrected chi connectivity index (χ0v) is 11.8. The highest BCUT2D eigenvalue weighted by molar-refractivity contribution is 6.32. The second kappa shape index (κ2) is 5.08. The van der Waals surface area contributed by atoms with E-state index in [0.717, 1.165) is 5.56 Å². The number of carbonyl (C=O) groups is 1. The van der Waals surface area contributed by atoms with Crippen LogP contribution in [-0.4, -0.2) is 12.4 Å². The van der Waals surface area contributed by atoms with Crippen molar-refractivity contribution in [2.45, 2.75) is 6.42 Å². The Morgan fingerprint density at radius 3 is 2.80 bits per heavy atom. The predicted molar refractivity (Wildman–Crippen MR) is 75.5 cm³/mol. The van der Waals surface area contributed by atoms with Crippen LogP contribution in [0.25, 0.3) is 0 Å². The Balaban J connectivity index is 2.14. The zero-order valence-electron chi connectivity index (χ0n) is 10.3. The first-order valence-electron chi connectivity index (χ1n) is 6.02. The summed E-state index contributed by atoms with van der Waals surface area (Å²) in [6, 6.07) is 7.58. The second-order valence-electron chi connectivity index (χ2n) is 4.47. The molecule has 20 heavy (non-hydrogen) atoms. The Kier molecular flexibility index (Phi) is 3.40. The molecule has 2 aromatic rings. The molecule has 0 spiro atoms. The van der Waals surface area contributed by atoms with Crippen LogP contribution in [0.15, 0.2) is 30.3 Å². The summed E-state index contributed by atoms with van der Waals surface area (Å²) < 4.78 is 19.4. The lowest BCUT2D eigenvalue weighted by molar-refractivity contribution is 0.103. The molecule has 1 heterocycles. The fourth-order valence-electron chi connectivity index (χ4n) is 2.26. The van der Waals surface area contributed by atoms with Crippen molar-refractivity contribution in [2.24, 2.45) is 0 Å². The van der Waals surface area contributed by atoms with Gasteiger partial charge in [-0.05, 0) is 29.8 Å². The van der Waals surface area contributed by atoms with Crippen molar-refractivity contribution < 1.29 is 13.9 Å².